The highest BCUT2D eigenvalue weighted by Gasteiger charge is 2.21. The minimum atomic E-state index is -1.04. The summed E-state index contributed by atoms with van der Waals surface area (Å²) in [6.45, 7) is 6.09. The molecule has 0 fully saturated rings. The van der Waals surface area contributed by atoms with Crippen molar-refractivity contribution in [3.8, 4) is 0 Å². The predicted octanol–water partition coefficient (Wildman–Crippen LogP) is 5.09. The molecule has 2 aromatic heterocycles. The third-order valence-corrected chi connectivity index (χ3v) is 6.37. The summed E-state index contributed by atoms with van der Waals surface area (Å²) in [4.78, 5) is 11.7. The van der Waals surface area contributed by atoms with Crippen molar-refractivity contribution in [2.75, 3.05) is 5.32 Å². The summed E-state index contributed by atoms with van der Waals surface area (Å²) in [5, 5.41) is 22.0. The maximum absolute atomic E-state index is 14.2. The Labute approximate surface area is 156 Å². The molecule has 0 aliphatic carbocycles. The number of carboxylic acids is 1. The molecule has 9 heteroatoms. The third-order valence-electron chi connectivity index (χ3n) is 3.19. The van der Waals surface area contributed by atoms with E-state index < -0.39 is 11.8 Å². The van der Waals surface area contributed by atoms with Crippen LogP contribution in [0.2, 0.25) is 0 Å². The number of rotatable bonds is 5. The number of nitrogens with one attached hydrogen (secondary N) is 1. The second-order valence-electron chi connectivity index (χ2n) is 6.36. The normalized spacial score (nSPS) is 11.8. The molecular formula is C16H16FN3O2S3. The molecule has 0 saturated heterocycles. The number of aromatic nitrogens is 2. The summed E-state index contributed by atoms with van der Waals surface area (Å²) < 4.78 is 15.6. The second kappa shape index (κ2) is 6.89. The van der Waals surface area contributed by atoms with Crippen LogP contribution in [-0.2, 0) is 5.75 Å². The molecule has 0 saturated carbocycles. The molecule has 0 radical (unpaired) electrons. The maximum atomic E-state index is 14.2. The fourth-order valence-corrected chi connectivity index (χ4v) is 5.41. The molecule has 0 bridgehead atoms. The first-order chi connectivity index (χ1) is 11.7. The molecule has 2 N–H and O–H groups in total. The number of thioether (sulfide) groups is 1. The second-order valence-corrected chi connectivity index (χ2v) is 9.62. The number of hydrogen-bond acceptors (Lipinski definition) is 7. The van der Waals surface area contributed by atoms with E-state index in [2.05, 4.69) is 15.5 Å². The lowest BCUT2D eigenvalue weighted by Gasteiger charge is -2.18. The smallest absolute Gasteiger partial charge is 0.346 e. The number of benzene rings is 1. The van der Waals surface area contributed by atoms with E-state index in [1.807, 2.05) is 20.8 Å². The number of anilines is 1. The van der Waals surface area contributed by atoms with Crippen LogP contribution in [0.3, 0.4) is 0 Å². The van der Waals surface area contributed by atoms with Crippen LogP contribution < -0.4 is 5.32 Å². The lowest BCUT2D eigenvalue weighted by Crippen LogP contribution is -2.25. The Morgan fingerprint density at radius 3 is 2.76 bits per heavy atom. The molecule has 0 spiro atoms. The van der Waals surface area contributed by atoms with Crippen LogP contribution >= 0.6 is 34.4 Å². The SMILES string of the molecule is CC(C)(C)Nc1nnc(SCc2c(C(=O)O)sc3cccc(F)c23)s1. The van der Waals surface area contributed by atoms with Crippen LogP contribution in [0.4, 0.5) is 9.52 Å². The van der Waals surface area contributed by atoms with E-state index in [4.69, 9.17) is 0 Å². The number of hydrogen-bond donors (Lipinski definition) is 2. The van der Waals surface area contributed by atoms with Crippen molar-refractivity contribution in [2.24, 2.45) is 0 Å². The van der Waals surface area contributed by atoms with Gasteiger partial charge in [0.2, 0.25) is 5.13 Å². The standard InChI is InChI=1S/C16H16FN3O2S3/c1-16(2,3)18-14-19-20-15(25-14)23-7-8-11-9(17)5-4-6-10(11)24-12(8)13(21)22/h4-6H,7H2,1-3H3,(H,18,19)(H,21,22). The van der Waals surface area contributed by atoms with E-state index in [-0.39, 0.29) is 10.4 Å². The van der Waals surface area contributed by atoms with E-state index in [0.29, 0.717) is 30.9 Å². The Morgan fingerprint density at radius 2 is 2.08 bits per heavy atom. The first-order valence-corrected chi connectivity index (χ1v) is 10.0. The molecule has 25 heavy (non-hydrogen) atoms. The number of fused-ring (bicyclic) bond motifs is 1. The lowest BCUT2D eigenvalue weighted by molar-refractivity contribution is 0.0701. The Morgan fingerprint density at radius 1 is 1.32 bits per heavy atom. The van der Waals surface area contributed by atoms with Crippen molar-refractivity contribution in [1.82, 2.24) is 10.2 Å². The van der Waals surface area contributed by atoms with Crippen molar-refractivity contribution in [3.05, 3.63) is 34.5 Å². The minimum absolute atomic E-state index is 0.120. The molecule has 3 rings (SSSR count). The van der Waals surface area contributed by atoms with Gasteiger partial charge in [-0.15, -0.1) is 21.5 Å². The van der Waals surface area contributed by atoms with Gasteiger partial charge in [-0.1, -0.05) is 29.2 Å². The summed E-state index contributed by atoms with van der Waals surface area (Å²) in [6.07, 6.45) is 0. The summed E-state index contributed by atoms with van der Waals surface area (Å²) >= 11 is 3.86. The van der Waals surface area contributed by atoms with E-state index in [9.17, 15) is 14.3 Å². The van der Waals surface area contributed by atoms with Gasteiger partial charge in [-0.2, -0.15) is 0 Å². The van der Waals surface area contributed by atoms with E-state index in [1.165, 1.54) is 29.2 Å². The Kier molecular flexibility index (Phi) is 4.99. The molecule has 1 aromatic carbocycles. The van der Waals surface area contributed by atoms with Gasteiger partial charge < -0.3 is 10.4 Å². The predicted molar refractivity (Wildman–Crippen MR) is 102 cm³/mol. The van der Waals surface area contributed by atoms with Gasteiger partial charge >= 0.3 is 5.97 Å². The van der Waals surface area contributed by atoms with Crippen molar-refractivity contribution >= 4 is 55.6 Å². The van der Waals surface area contributed by atoms with Gasteiger partial charge in [-0.3, -0.25) is 0 Å². The lowest BCUT2D eigenvalue weighted by atomic mass is 10.1. The van der Waals surface area contributed by atoms with Crippen molar-refractivity contribution in [2.45, 2.75) is 36.4 Å². The van der Waals surface area contributed by atoms with Crippen molar-refractivity contribution < 1.29 is 14.3 Å². The zero-order valence-electron chi connectivity index (χ0n) is 13.8. The Balaban J connectivity index is 1.86. The quantitative estimate of drug-likeness (QED) is 0.584. The largest absolute Gasteiger partial charge is 0.477 e. The van der Waals surface area contributed by atoms with E-state index >= 15 is 0 Å². The maximum Gasteiger partial charge on any atom is 0.346 e. The summed E-state index contributed by atoms with van der Waals surface area (Å²) in [6, 6.07) is 4.68. The highest BCUT2D eigenvalue weighted by Crippen LogP contribution is 2.38. The van der Waals surface area contributed by atoms with Crippen LogP contribution in [0.5, 0.6) is 0 Å². The molecule has 132 valence electrons. The zero-order valence-corrected chi connectivity index (χ0v) is 16.2. The Bertz CT molecular complexity index is 930. The van der Waals surface area contributed by atoms with Crippen molar-refractivity contribution in [3.63, 3.8) is 0 Å². The first-order valence-electron chi connectivity index (χ1n) is 7.42. The summed E-state index contributed by atoms with van der Waals surface area (Å²) in [5.74, 6) is -1.11. The number of halogens is 1. The van der Waals surface area contributed by atoms with Crippen LogP contribution in [0.15, 0.2) is 22.5 Å². The number of nitrogens with zero attached hydrogens (tertiary/aromatic N) is 2. The molecule has 0 unspecified atom stereocenters. The fourth-order valence-electron chi connectivity index (χ4n) is 2.25. The summed E-state index contributed by atoms with van der Waals surface area (Å²) in [5.41, 5.74) is 0.376. The van der Waals surface area contributed by atoms with Gasteiger partial charge in [0.05, 0.1) is 0 Å². The molecular weight excluding hydrogens is 381 g/mol. The fraction of sp³-hybridized carbons (Fsp3) is 0.312. The molecule has 0 aliphatic rings. The van der Waals surface area contributed by atoms with E-state index in [0.717, 1.165) is 11.3 Å². The topological polar surface area (TPSA) is 75.1 Å². The highest BCUT2D eigenvalue weighted by atomic mass is 32.2. The number of carbonyl (C=O) groups is 1. The first kappa shape index (κ1) is 18.1. The average Bonchev–Trinajstić information content (AvgIpc) is 3.08. The molecule has 3 aromatic rings. The van der Waals surface area contributed by atoms with Gasteiger partial charge in [-0.05, 0) is 38.5 Å². The van der Waals surface area contributed by atoms with Gasteiger partial charge in [0.1, 0.15) is 10.7 Å². The van der Waals surface area contributed by atoms with Crippen LogP contribution in [-0.4, -0.2) is 26.8 Å². The molecule has 0 amide bonds. The number of carboxylic acid groups (broad SMARTS) is 1. The molecule has 0 atom stereocenters. The molecule has 2 heterocycles. The minimum Gasteiger partial charge on any atom is -0.477 e. The van der Waals surface area contributed by atoms with Gasteiger partial charge in [-0.25, -0.2) is 9.18 Å². The number of aromatic carboxylic acids is 1. The summed E-state index contributed by atoms with van der Waals surface area (Å²) in [7, 11) is 0. The van der Waals surface area contributed by atoms with Gasteiger partial charge in [0.25, 0.3) is 0 Å². The van der Waals surface area contributed by atoms with Crippen LogP contribution in [0.25, 0.3) is 10.1 Å². The van der Waals surface area contributed by atoms with Crippen LogP contribution in [0.1, 0.15) is 36.0 Å². The Hall–Kier alpha value is -1.71. The molecule has 0 aliphatic heterocycles. The average molecular weight is 398 g/mol. The number of thiophene rings is 1. The van der Waals surface area contributed by atoms with Crippen molar-refractivity contribution in [1.29, 1.82) is 0 Å². The van der Waals surface area contributed by atoms with Gasteiger partial charge in [0.15, 0.2) is 4.34 Å². The van der Waals surface area contributed by atoms with Gasteiger partial charge in [0, 0.05) is 21.4 Å². The monoisotopic (exact) mass is 397 g/mol. The third kappa shape index (κ3) is 4.10. The van der Waals surface area contributed by atoms with E-state index in [1.54, 1.807) is 12.1 Å². The highest BCUT2D eigenvalue weighted by molar-refractivity contribution is 8.00. The van der Waals surface area contributed by atoms with Crippen LogP contribution in [0, 0.1) is 5.82 Å². The molecule has 5 nitrogen and oxygen atoms in total. The zero-order chi connectivity index (χ0) is 18.2.